The molecule has 0 aromatic carbocycles. The Hall–Kier alpha value is -1.10. The molecule has 0 rings (SSSR count). The molecule has 0 fully saturated rings. The quantitative estimate of drug-likeness (QED) is 0.510. The number of aliphatic carboxylic acids is 1. The third-order valence-electron chi connectivity index (χ3n) is 3.31. The van der Waals surface area contributed by atoms with Gasteiger partial charge in [0, 0.05) is 19.5 Å². The van der Waals surface area contributed by atoms with E-state index in [9.17, 15) is 9.59 Å². The molecule has 20 heavy (non-hydrogen) atoms. The van der Waals surface area contributed by atoms with Crippen LogP contribution in [0.25, 0.3) is 0 Å². The van der Waals surface area contributed by atoms with Crippen molar-refractivity contribution in [3.63, 3.8) is 0 Å². The zero-order chi connectivity index (χ0) is 15.2. The van der Waals surface area contributed by atoms with E-state index in [1.54, 1.807) is 0 Å². The molecular weight excluding hydrogens is 258 g/mol. The monoisotopic (exact) mass is 287 g/mol. The predicted octanol–water partition coefficient (Wildman–Crippen LogP) is 2.42. The molecule has 0 saturated carbocycles. The fraction of sp³-hybridized carbons (Fsp3) is 0.867. The molecule has 0 atom stereocenters. The van der Waals surface area contributed by atoms with E-state index in [1.807, 2.05) is 0 Å². The van der Waals surface area contributed by atoms with Gasteiger partial charge in [0.25, 0.3) is 0 Å². The second-order valence-corrected chi connectivity index (χ2v) is 5.12. The molecule has 2 N–H and O–H groups in total. The van der Waals surface area contributed by atoms with Gasteiger partial charge in [0.1, 0.15) is 0 Å². The second-order valence-electron chi connectivity index (χ2n) is 5.12. The lowest BCUT2D eigenvalue weighted by atomic mass is 10.1. The van der Waals surface area contributed by atoms with Crippen molar-refractivity contribution in [3.8, 4) is 0 Å². The van der Waals surface area contributed by atoms with Gasteiger partial charge in [0.2, 0.25) is 5.91 Å². The Bertz CT molecular complexity index is 269. The number of amides is 1. The van der Waals surface area contributed by atoms with Crippen LogP contribution in [0.15, 0.2) is 0 Å². The fourth-order valence-corrected chi connectivity index (χ4v) is 2.10. The molecule has 118 valence electrons. The van der Waals surface area contributed by atoms with Crippen LogP contribution in [0.2, 0.25) is 0 Å². The Morgan fingerprint density at radius 2 is 1.50 bits per heavy atom. The molecular formula is C15H29NO4. The molecule has 5 nitrogen and oxygen atoms in total. The maximum Gasteiger partial charge on any atom is 0.305 e. The fourth-order valence-electron chi connectivity index (χ4n) is 2.10. The van der Waals surface area contributed by atoms with E-state index in [0.717, 1.165) is 19.3 Å². The minimum absolute atomic E-state index is 0.0474. The van der Waals surface area contributed by atoms with Gasteiger partial charge in [-0.1, -0.05) is 45.4 Å². The van der Waals surface area contributed by atoms with Crippen LogP contribution in [-0.4, -0.2) is 46.7 Å². The predicted molar refractivity (Wildman–Crippen MR) is 78.5 cm³/mol. The number of hydrogen-bond donors (Lipinski definition) is 2. The molecule has 0 spiro atoms. The minimum Gasteiger partial charge on any atom is -0.481 e. The number of carbonyl (C=O) groups excluding carboxylic acids is 1. The highest BCUT2D eigenvalue weighted by atomic mass is 16.4. The van der Waals surface area contributed by atoms with Crippen LogP contribution in [0.5, 0.6) is 0 Å². The Balaban J connectivity index is 3.75. The summed E-state index contributed by atoms with van der Waals surface area (Å²) < 4.78 is 0. The third kappa shape index (κ3) is 10.8. The normalized spacial score (nSPS) is 10.5. The summed E-state index contributed by atoms with van der Waals surface area (Å²) >= 11 is 0. The average molecular weight is 287 g/mol. The molecule has 0 aliphatic heterocycles. The molecule has 0 aromatic rings. The molecule has 0 unspecified atom stereocenters. The van der Waals surface area contributed by atoms with Crippen LogP contribution in [0.3, 0.4) is 0 Å². The largest absolute Gasteiger partial charge is 0.481 e. The number of hydrogen-bond acceptors (Lipinski definition) is 3. The summed E-state index contributed by atoms with van der Waals surface area (Å²) in [6.45, 7) is 2.47. The first kappa shape index (κ1) is 18.9. The number of nitrogens with zero attached hydrogens (tertiary/aromatic N) is 1. The average Bonchev–Trinajstić information content (AvgIpc) is 2.42. The van der Waals surface area contributed by atoms with Crippen molar-refractivity contribution in [2.45, 2.75) is 64.7 Å². The highest BCUT2D eigenvalue weighted by Gasteiger charge is 2.13. The minimum atomic E-state index is -0.920. The summed E-state index contributed by atoms with van der Waals surface area (Å²) in [5.74, 6) is -0.967. The number of aliphatic hydroxyl groups excluding tert-OH is 1. The van der Waals surface area contributed by atoms with Crippen molar-refractivity contribution in [1.29, 1.82) is 0 Å². The summed E-state index contributed by atoms with van der Waals surface area (Å²) in [7, 11) is 0. The molecule has 0 bridgehead atoms. The zero-order valence-electron chi connectivity index (χ0n) is 12.6. The van der Waals surface area contributed by atoms with Gasteiger partial charge in [-0.2, -0.15) is 0 Å². The first-order chi connectivity index (χ1) is 9.61. The van der Waals surface area contributed by atoms with Crippen molar-refractivity contribution in [1.82, 2.24) is 4.90 Å². The standard InChI is InChI=1S/C15H29NO4/c1-2-3-4-5-6-7-8-9-14(18)16(12-13-17)11-10-15(19)20/h17H,2-13H2,1H3,(H,19,20). The van der Waals surface area contributed by atoms with E-state index in [2.05, 4.69) is 6.92 Å². The van der Waals surface area contributed by atoms with Gasteiger partial charge < -0.3 is 15.1 Å². The third-order valence-corrected chi connectivity index (χ3v) is 3.31. The number of carbonyl (C=O) groups is 2. The van der Waals surface area contributed by atoms with Gasteiger partial charge in [-0.3, -0.25) is 9.59 Å². The lowest BCUT2D eigenvalue weighted by Gasteiger charge is -2.20. The molecule has 0 aliphatic carbocycles. The second kappa shape index (κ2) is 12.9. The van der Waals surface area contributed by atoms with Crippen LogP contribution in [-0.2, 0) is 9.59 Å². The maximum absolute atomic E-state index is 11.9. The van der Waals surface area contributed by atoms with Crippen LogP contribution in [0, 0.1) is 0 Å². The lowest BCUT2D eigenvalue weighted by Crippen LogP contribution is -2.35. The van der Waals surface area contributed by atoms with Crippen molar-refractivity contribution in [2.75, 3.05) is 19.7 Å². The van der Waals surface area contributed by atoms with Crippen LogP contribution in [0.4, 0.5) is 0 Å². The van der Waals surface area contributed by atoms with Crippen molar-refractivity contribution in [3.05, 3.63) is 0 Å². The summed E-state index contributed by atoms with van der Waals surface area (Å²) in [5, 5.41) is 17.5. The van der Waals surface area contributed by atoms with Crippen molar-refractivity contribution in [2.24, 2.45) is 0 Å². The van der Waals surface area contributed by atoms with Crippen LogP contribution < -0.4 is 0 Å². The van der Waals surface area contributed by atoms with Gasteiger partial charge in [0.05, 0.1) is 13.0 Å². The van der Waals surface area contributed by atoms with Gasteiger partial charge in [0.15, 0.2) is 0 Å². The van der Waals surface area contributed by atoms with Crippen LogP contribution in [0.1, 0.15) is 64.7 Å². The van der Waals surface area contributed by atoms with Gasteiger partial charge in [-0.05, 0) is 6.42 Å². The number of carboxylic acid groups (broad SMARTS) is 1. The molecule has 0 aliphatic rings. The lowest BCUT2D eigenvalue weighted by molar-refractivity contribution is -0.138. The summed E-state index contributed by atoms with van der Waals surface area (Å²) in [4.78, 5) is 23.9. The van der Waals surface area contributed by atoms with Gasteiger partial charge in [-0.25, -0.2) is 0 Å². The van der Waals surface area contributed by atoms with E-state index < -0.39 is 5.97 Å². The smallest absolute Gasteiger partial charge is 0.305 e. The van der Waals surface area contributed by atoms with E-state index in [0.29, 0.717) is 6.42 Å². The Morgan fingerprint density at radius 3 is 2.05 bits per heavy atom. The molecule has 1 amide bonds. The van der Waals surface area contributed by atoms with Crippen molar-refractivity contribution < 1.29 is 19.8 Å². The Kier molecular flexibility index (Phi) is 12.2. The molecule has 5 heteroatoms. The van der Waals surface area contributed by atoms with E-state index in [-0.39, 0.29) is 32.0 Å². The van der Waals surface area contributed by atoms with Crippen LogP contribution >= 0.6 is 0 Å². The van der Waals surface area contributed by atoms with Gasteiger partial charge >= 0.3 is 5.97 Å². The number of rotatable bonds is 13. The first-order valence-corrected chi connectivity index (χ1v) is 7.72. The van der Waals surface area contributed by atoms with Gasteiger partial charge in [-0.15, -0.1) is 0 Å². The number of unbranched alkanes of at least 4 members (excludes halogenated alkanes) is 6. The molecule has 0 radical (unpaired) electrons. The van der Waals surface area contributed by atoms with Crippen molar-refractivity contribution >= 4 is 11.9 Å². The summed E-state index contributed by atoms with van der Waals surface area (Å²) in [6, 6.07) is 0. The molecule has 0 heterocycles. The molecule has 0 aromatic heterocycles. The van der Waals surface area contributed by atoms with E-state index in [4.69, 9.17) is 10.2 Å². The molecule has 0 saturated heterocycles. The summed E-state index contributed by atoms with van der Waals surface area (Å²) in [6.07, 6.45) is 8.43. The number of aliphatic hydroxyl groups is 1. The number of carboxylic acids is 1. The van der Waals surface area contributed by atoms with E-state index >= 15 is 0 Å². The van der Waals surface area contributed by atoms with E-state index in [1.165, 1.54) is 30.6 Å². The zero-order valence-corrected chi connectivity index (χ0v) is 12.6. The summed E-state index contributed by atoms with van der Waals surface area (Å²) in [5.41, 5.74) is 0. The first-order valence-electron chi connectivity index (χ1n) is 7.72. The topological polar surface area (TPSA) is 77.8 Å². The Labute approximate surface area is 122 Å². The SMILES string of the molecule is CCCCCCCCCC(=O)N(CCO)CCC(=O)O. The highest BCUT2D eigenvalue weighted by Crippen LogP contribution is 2.09. The Morgan fingerprint density at radius 1 is 0.900 bits per heavy atom. The highest BCUT2D eigenvalue weighted by molar-refractivity contribution is 5.77. The maximum atomic E-state index is 11.9.